The van der Waals surface area contributed by atoms with Crippen molar-refractivity contribution in [2.45, 2.75) is 25.6 Å². The minimum atomic E-state index is 0.215. The van der Waals surface area contributed by atoms with E-state index in [1.807, 2.05) is 6.92 Å². The lowest BCUT2D eigenvalue weighted by atomic mass is 10.1. The van der Waals surface area contributed by atoms with Crippen LogP contribution < -0.4 is 0 Å². The molecule has 0 aromatic carbocycles. The average Bonchev–Trinajstić information content (AvgIpc) is 2.17. The number of rotatable bonds is 4. The van der Waals surface area contributed by atoms with Crippen LogP contribution in [0.1, 0.15) is 31.3 Å². The number of hydrogen-bond donors (Lipinski definition) is 1. The molecule has 1 heterocycles. The summed E-state index contributed by atoms with van der Waals surface area (Å²) in [4.78, 5) is 8.04. The van der Waals surface area contributed by atoms with Crippen LogP contribution in [0.4, 0.5) is 0 Å². The first-order chi connectivity index (χ1) is 6.67. The molecule has 14 heavy (non-hydrogen) atoms. The van der Waals surface area contributed by atoms with Gasteiger partial charge in [-0.15, -0.1) is 11.6 Å². The van der Waals surface area contributed by atoms with Gasteiger partial charge in [0.25, 0.3) is 0 Å². The summed E-state index contributed by atoms with van der Waals surface area (Å²) in [6, 6.07) is 1.59. The van der Waals surface area contributed by atoms with Gasteiger partial charge in [0.1, 0.15) is 11.0 Å². The van der Waals surface area contributed by atoms with Crippen LogP contribution in [0.5, 0.6) is 0 Å². The van der Waals surface area contributed by atoms with Crippen LogP contribution in [0.2, 0.25) is 5.15 Å². The maximum absolute atomic E-state index is 7.71. The number of alkyl halides is 1. The minimum absolute atomic E-state index is 0.215. The van der Waals surface area contributed by atoms with E-state index < -0.39 is 0 Å². The Labute approximate surface area is 93.0 Å². The van der Waals surface area contributed by atoms with Crippen molar-refractivity contribution >= 4 is 28.9 Å². The van der Waals surface area contributed by atoms with Gasteiger partial charge in [-0.05, 0) is 6.42 Å². The highest BCUT2D eigenvalue weighted by Gasteiger charge is 2.06. The minimum Gasteiger partial charge on any atom is -0.303 e. The molecule has 76 valence electrons. The molecule has 0 bridgehead atoms. The van der Waals surface area contributed by atoms with Gasteiger partial charge in [-0.1, -0.05) is 24.9 Å². The van der Waals surface area contributed by atoms with Gasteiger partial charge in [-0.25, -0.2) is 9.97 Å². The fraction of sp³-hybridized carbons (Fsp3) is 0.444. The van der Waals surface area contributed by atoms with E-state index in [2.05, 4.69) is 9.97 Å². The van der Waals surface area contributed by atoms with Crippen LogP contribution in [0.25, 0.3) is 0 Å². The van der Waals surface area contributed by atoms with Gasteiger partial charge >= 0.3 is 0 Å². The fourth-order valence-corrected chi connectivity index (χ4v) is 1.38. The van der Waals surface area contributed by atoms with E-state index >= 15 is 0 Å². The Bertz CT molecular complexity index is 339. The van der Waals surface area contributed by atoms with Gasteiger partial charge < -0.3 is 5.41 Å². The van der Waals surface area contributed by atoms with Gasteiger partial charge in [0.15, 0.2) is 0 Å². The summed E-state index contributed by atoms with van der Waals surface area (Å²) in [7, 11) is 0. The molecule has 0 fully saturated rings. The molecule has 1 aromatic heterocycles. The zero-order valence-corrected chi connectivity index (χ0v) is 9.36. The quantitative estimate of drug-likeness (QED) is 0.492. The molecule has 0 aliphatic carbocycles. The predicted octanol–water partition coefficient (Wildman–Crippen LogP) is 3.04. The highest BCUT2D eigenvalue weighted by atomic mass is 35.5. The van der Waals surface area contributed by atoms with Crippen molar-refractivity contribution in [3.8, 4) is 0 Å². The summed E-state index contributed by atoms with van der Waals surface area (Å²) in [5.41, 5.74) is 1.05. The van der Waals surface area contributed by atoms with Crippen molar-refractivity contribution in [1.82, 2.24) is 9.97 Å². The Morgan fingerprint density at radius 1 is 1.50 bits per heavy atom. The molecule has 0 saturated carbocycles. The van der Waals surface area contributed by atoms with E-state index in [1.54, 1.807) is 6.07 Å². The van der Waals surface area contributed by atoms with Crippen LogP contribution in [0, 0.1) is 5.41 Å². The van der Waals surface area contributed by atoms with Gasteiger partial charge in [-0.3, -0.25) is 0 Å². The molecule has 0 aliphatic heterocycles. The Morgan fingerprint density at radius 3 is 2.79 bits per heavy atom. The summed E-state index contributed by atoms with van der Waals surface area (Å²) in [5, 5.41) is 8.05. The average molecular weight is 232 g/mol. The first kappa shape index (κ1) is 11.4. The van der Waals surface area contributed by atoms with Gasteiger partial charge in [-0.2, -0.15) is 0 Å². The van der Waals surface area contributed by atoms with E-state index in [1.165, 1.54) is 0 Å². The highest BCUT2D eigenvalue weighted by Crippen LogP contribution is 2.11. The number of aromatic nitrogens is 2. The van der Waals surface area contributed by atoms with Crippen LogP contribution in [0.3, 0.4) is 0 Å². The summed E-state index contributed by atoms with van der Waals surface area (Å²) >= 11 is 11.4. The molecule has 0 aliphatic rings. The van der Waals surface area contributed by atoms with Crippen LogP contribution in [0.15, 0.2) is 6.07 Å². The summed E-state index contributed by atoms with van der Waals surface area (Å²) < 4.78 is 0. The number of halogens is 2. The summed E-state index contributed by atoms with van der Waals surface area (Å²) in [6.45, 7) is 2.01. The molecule has 3 nitrogen and oxygen atoms in total. The standard InChI is InChI=1S/C9H11Cl2N3/c1-2-3-6(12)7-4-8(11)14-9(5-10)13-7/h4,12H,2-3,5H2,1H3. The Hall–Kier alpha value is -0.670. The molecular formula is C9H11Cl2N3. The smallest absolute Gasteiger partial charge is 0.145 e. The monoisotopic (exact) mass is 231 g/mol. The fourth-order valence-electron chi connectivity index (χ4n) is 1.06. The van der Waals surface area contributed by atoms with Crippen molar-refractivity contribution in [3.63, 3.8) is 0 Å². The van der Waals surface area contributed by atoms with Crippen molar-refractivity contribution in [1.29, 1.82) is 5.41 Å². The topological polar surface area (TPSA) is 49.6 Å². The Morgan fingerprint density at radius 2 is 2.21 bits per heavy atom. The third-order valence-corrected chi connectivity index (χ3v) is 2.10. The van der Waals surface area contributed by atoms with Crippen LogP contribution >= 0.6 is 23.2 Å². The van der Waals surface area contributed by atoms with E-state index in [0.29, 0.717) is 28.8 Å². The summed E-state index contributed by atoms with van der Waals surface area (Å²) in [6.07, 6.45) is 1.60. The molecule has 5 heteroatoms. The number of hydrogen-bond acceptors (Lipinski definition) is 3. The van der Waals surface area contributed by atoms with Crippen molar-refractivity contribution in [3.05, 3.63) is 22.7 Å². The molecule has 0 saturated heterocycles. The first-order valence-corrected chi connectivity index (χ1v) is 5.25. The molecule has 0 spiro atoms. The maximum atomic E-state index is 7.71. The molecule has 0 amide bonds. The number of nitrogens with zero attached hydrogens (tertiary/aromatic N) is 2. The third-order valence-electron chi connectivity index (χ3n) is 1.67. The van der Waals surface area contributed by atoms with Crippen LogP contribution in [-0.4, -0.2) is 15.7 Å². The molecule has 0 radical (unpaired) electrons. The summed E-state index contributed by atoms with van der Waals surface area (Å²) in [5.74, 6) is 0.683. The second-order valence-electron chi connectivity index (χ2n) is 2.85. The molecule has 1 rings (SSSR count). The lowest BCUT2D eigenvalue weighted by molar-refractivity contribution is 0.961. The second-order valence-corrected chi connectivity index (χ2v) is 3.51. The van der Waals surface area contributed by atoms with E-state index in [9.17, 15) is 0 Å². The molecular weight excluding hydrogens is 221 g/mol. The van der Waals surface area contributed by atoms with Gasteiger partial charge in [0.2, 0.25) is 0 Å². The zero-order valence-electron chi connectivity index (χ0n) is 7.85. The second kappa shape index (κ2) is 5.27. The van der Waals surface area contributed by atoms with E-state index in [-0.39, 0.29) is 5.88 Å². The largest absolute Gasteiger partial charge is 0.303 e. The van der Waals surface area contributed by atoms with Crippen molar-refractivity contribution in [2.75, 3.05) is 0 Å². The molecule has 1 N–H and O–H groups in total. The molecule has 0 atom stereocenters. The lowest BCUT2D eigenvalue weighted by Crippen LogP contribution is -2.05. The normalized spacial score (nSPS) is 10.2. The first-order valence-electron chi connectivity index (χ1n) is 4.34. The molecule has 0 unspecified atom stereocenters. The van der Waals surface area contributed by atoms with E-state index in [0.717, 1.165) is 6.42 Å². The SMILES string of the molecule is CCCC(=N)c1cc(Cl)nc(CCl)n1. The van der Waals surface area contributed by atoms with Crippen LogP contribution in [-0.2, 0) is 5.88 Å². The van der Waals surface area contributed by atoms with Crippen molar-refractivity contribution in [2.24, 2.45) is 0 Å². The maximum Gasteiger partial charge on any atom is 0.145 e. The lowest BCUT2D eigenvalue weighted by Gasteiger charge is -2.03. The van der Waals surface area contributed by atoms with Gasteiger partial charge in [0, 0.05) is 6.07 Å². The van der Waals surface area contributed by atoms with E-state index in [4.69, 9.17) is 28.6 Å². The molecule has 1 aromatic rings. The zero-order chi connectivity index (χ0) is 10.6. The Kier molecular flexibility index (Phi) is 4.29. The predicted molar refractivity (Wildman–Crippen MR) is 58.3 cm³/mol. The third kappa shape index (κ3) is 2.93. The Balaban J connectivity index is 2.96. The van der Waals surface area contributed by atoms with Crippen molar-refractivity contribution < 1.29 is 0 Å². The number of nitrogens with one attached hydrogen (secondary N) is 1. The van der Waals surface area contributed by atoms with Gasteiger partial charge in [0.05, 0.1) is 17.3 Å². The highest BCUT2D eigenvalue weighted by molar-refractivity contribution is 6.29.